The standard InChI is InChI=1S/C15H24N2OS/c1-13(8-11-19(2)18)17-10-9-16-12-15(17)14-6-4-3-5-7-14/h3-7,13,15-16H,8-12H2,1-2H3. The minimum atomic E-state index is -0.689. The van der Waals surface area contributed by atoms with Crippen LogP contribution in [0.15, 0.2) is 30.3 Å². The monoisotopic (exact) mass is 280 g/mol. The van der Waals surface area contributed by atoms with E-state index in [1.807, 2.05) is 0 Å². The number of benzene rings is 1. The van der Waals surface area contributed by atoms with Crippen LogP contribution in [0.4, 0.5) is 0 Å². The van der Waals surface area contributed by atoms with Crippen molar-refractivity contribution in [2.75, 3.05) is 31.6 Å². The number of nitrogens with one attached hydrogen (secondary N) is 1. The summed E-state index contributed by atoms with van der Waals surface area (Å²) in [5.74, 6) is 0.798. The fourth-order valence-corrected chi connectivity index (χ4v) is 3.41. The van der Waals surface area contributed by atoms with Gasteiger partial charge in [-0.15, -0.1) is 0 Å². The maximum atomic E-state index is 11.3. The molecule has 1 aromatic carbocycles. The van der Waals surface area contributed by atoms with Crippen LogP contribution >= 0.6 is 0 Å². The molecule has 0 radical (unpaired) electrons. The van der Waals surface area contributed by atoms with Crippen LogP contribution in [0.5, 0.6) is 0 Å². The van der Waals surface area contributed by atoms with Gasteiger partial charge in [-0.05, 0) is 18.9 Å². The number of piperazine rings is 1. The Labute approximate surface area is 118 Å². The van der Waals surface area contributed by atoms with Crippen molar-refractivity contribution >= 4 is 10.8 Å². The molecule has 4 heteroatoms. The molecule has 1 aromatic rings. The average Bonchev–Trinajstić information content (AvgIpc) is 2.45. The molecule has 1 saturated heterocycles. The third-order valence-electron chi connectivity index (χ3n) is 3.86. The Kier molecular flexibility index (Phi) is 5.55. The fraction of sp³-hybridized carbons (Fsp3) is 0.600. The maximum Gasteiger partial charge on any atom is 0.0476 e. The highest BCUT2D eigenvalue weighted by molar-refractivity contribution is 7.84. The molecule has 0 saturated carbocycles. The Hall–Kier alpha value is -0.710. The van der Waals surface area contributed by atoms with Crippen LogP contribution in [-0.2, 0) is 10.8 Å². The molecule has 0 aliphatic carbocycles. The van der Waals surface area contributed by atoms with Crippen LogP contribution in [0.1, 0.15) is 24.9 Å². The number of hydrogen-bond acceptors (Lipinski definition) is 3. The van der Waals surface area contributed by atoms with Crippen molar-refractivity contribution in [1.82, 2.24) is 10.2 Å². The van der Waals surface area contributed by atoms with E-state index in [-0.39, 0.29) is 0 Å². The van der Waals surface area contributed by atoms with Crippen molar-refractivity contribution in [1.29, 1.82) is 0 Å². The summed E-state index contributed by atoms with van der Waals surface area (Å²) in [4.78, 5) is 2.55. The van der Waals surface area contributed by atoms with Gasteiger partial charge in [-0.1, -0.05) is 30.3 Å². The lowest BCUT2D eigenvalue weighted by Crippen LogP contribution is -2.49. The Bertz CT molecular complexity index is 410. The summed E-state index contributed by atoms with van der Waals surface area (Å²) in [5, 5.41) is 3.48. The van der Waals surface area contributed by atoms with Gasteiger partial charge in [0.25, 0.3) is 0 Å². The number of nitrogens with zero attached hydrogens (tertiary/aromatic N) is 1. The predicted molar refractivity (Wildman–Crippen MR) is 81.8 cm³/mol. The quantitative estimate of drug-likeness (QED) is 0.892. The maximum absolute atomic E-state index is 11.3. The summed E-state index contributed by atoms with van der Waals surface area (Å²) < 4.78 is 11.3. The van der Waals surface area contributed by atoms with E-state index in [2.05, 4.69) is 47.5 Å². The van der Waals surface area contributed by atoms with Gasteiger partial charge in [-0.3, -0.25) is 9.11 Å². The molecule has 0 bridgehead atoms. The molecule has 19 heavy (non-hydrogen) atoms. The number of rotatable bonds is 5. The lowest BCUT2D eigenvalue weighted by atomic mass is 10.0. The van der Waals surface area contributed by atoms with E-state index >= 15 is 0 Å². The van der Waals surface area contributed by atoms with E-state index in [0.29, 0.717) is 12.1 Å². The molecule has 3 unspecified atom stereocenters. The van der Waals surface area contributed by atoms with Gasteiger partial charge in [0.2, 0.25) is 0 Å². The van der Waals surface area contributed by atoms with E-state index in [0.717, 1.165) is 31.8 Å². The molecule has 3 atom stereocenters. The first-order valence-corrected chi connectivity index (χ1v) is 8.72. The highest BCUT2D eigenvalue weighted by Crippen LogP contribution is 2.25. The van der Waals surface area contributed by atoms with Crippen molar-refractivity contribution in [2.24, 2.45) is 0 Å². The summed E-state index contributed by atoms with van der Waals surface area (Å²) in [6.45, 7) is 5.37. The summed E-state index contributed by atoms with van der Waals surface area (Å²) in [6.07, 6.45) is 2.80. The van der Waals surface area contributed by atoms with Crippen LogP contribution < -0.4 is 5.32 Å². The van der Waals surface area contributed by atoms with E-state index < -0.39 is 10.8 Å². The molecular weight excluding hydrogens is 256 g/mol. The minimum absolute atomic E-state index is 0.440. The van der Waals surface area contributed by atoms with Crippen molar-refractivity contribution in [3.05, 3.63) is 35.9 Å². The lowest BCUT2D eigenvalue weighted by Gasteiger charge is -2.40. The normalized spacial score (nSPS) is 24.0. The first-order valence-electron chi connectivity index (χ1n) is 7.00. The summed E-state index contributed by atoms with van der Waals surface area (Å²) in [7, 11) is -0.689. The van der Waals surface area contributed by atoms with Crippen LogP contribution in [-0.4, -0.2) is 46.8 Å². The van der Waals surface area contributed by atoms with Gasteiger partial charge in [0.15, 0.2) is 0 Å². The Morgan fingerprint density at radius 1 is 1.42 bits per heavy atom. The highest BCUT2D eigenvalue weighted by Gasteiger charge is 2.27. The molecule has 1 N–H and O–H groups in total. The zero-order valence-corrected chi connectivity index (χ0v) is 12.7. The third-order valence-corrected chi connectivity index (χ3v) is 4.67. The van der Waals surface area contributed by atoms with Crippen molar-refractivity contribution in [3.63, 3.8) is 0 Å². The second-order valence-corrected chi connectivity index (χ2v) is 6.84. The van der Waals surface area contributed by atoms with E-state index in [9.17, 15) is 4.21 Å². The summed E-state index contributed by atoms with van der Waals surface area (Å²) in [6, 6.07) is 11.6. The van der Waals surface area contributed by atoms with Crippen molar-refractivity contribution in [2.45, 2.75) is 25.4 Å². The first-order chi connectivity index (χ1) is 9.18. The van der Waals surface area contributed by atoms with E-state index in [4.69, 9.17) is 0 Å². The molecule has 0 aromatic heterocycles. The SMILES string of the molecule is CC(CCS(C)=O)N1CCNCC1c1ccccc1. The van der Waals surface area contributed by atoms with Crippen LogP contribution in [0.3, 0.4) is 0 Å². The lowest BCUT2D eigenvalue weighted by molar-refractivity contribution is 0.113. The average molecular weight is 280 g/mol. The van der Waals surface area contributed by atoms with Crippen molar-refractivity contribution < 1.29 is 4.21 Å². The van der Waals surface area contributed by atoms with Gasteiger partial charge in [-0.2, -0.15) is 0 Å². The van der Waals surface area contributed by atoms with Gasteiger partial charge >= 0.3 is 0 Å². The molecule has 0 amide bonds. The smallest absolute Gasteiger partial charge is 0.0476 e. The largest absolute Gasteiger partial charge is 0.314 e. The fourth-order valence-electron chi connectivity index (χ4n) is 2.73. The minimum Gasteiger partial charge on any atom is -0.314 e. The second kappa shape index (κ2) is 7.17. The molecule has 2 rings (SSSR count). The van der Waals surface area contributed by atoms with Crippen LogP contribution in [0.25, 0.3) is 0 Å². The molecule has 3 nitrogen and oxygen atoms in total. The highest BCUT2D eigenvalue weighted by atomic mass is 32.2. The molecule has 1 fully saturated rings. The van der Waals surface area contributed by atoms with Crippen LogP contribution in [0.2, 0.25) is 0 Å². The Morgan fingerprint density at radius 3 is 2.84 bits per heavy atom. The molecule has 1 aliphatic heterocycles. The third kappa shape index (κ3) is 4.13. The molecular formula is C15H24N2OS. The van der Waals surface area contributed by atoms with Gasteiger partial charge in [-0.25, -0.2) is 0 Å². The summed E-state index contributed by atoms with van der Waals surface area (Å²) >= 11 is 0. The Morgan fingerprint density at radius 2 is 2.16 bits per heavy atom. The topological polar surface area (TPSA) is 32.3 Å². The summed E-state index contributed by atoms with van der Waals surface area (Å²) in [5.41, 5.74) is 1.37. The second-order valence-electron chi connectivity index (χ2n) is 5.28. The zero-order valence-electron chi connectivity index (χ0n) is 11.8. The number of hydrogen-bond donors (Lipinski definition) is 1. The van der Waals surface area contributed by atoms with Crippen molar-refractivity contribution in [3.8, 4) is 0 Å². The first kappa shape index (κ1) is 14.7. The Balaban J connectivity index is 2.05. The zero-order chi connectivity index (χ0) is 13.7. The van der Waals surface area contributed by atoms with Crippen LogP contribution in [0, 0.1) is 0 Å². The van der Waals surface area contributed by atoms with Gasteiger partial charge in [0, 0.05) is 54.5 Å². The molecule has 1 heterocycles. The molecule has 0 spiro atoms. The molecule has 1 aliphatic rings. The predicted octanol–water partition coefficient (Wildman–Crippen LogP) is 1.79. The van der Waals surface area contributed by atoms with E-state index in [1.54, 1.807) is 6.26 Å². The van der Waals surface area contributed by atoms with Gasteiger partial charge in [0.05, 0.1) is 0 Å². The van der Waals surface area contributed by atoms with Gasteiger partial charge < -0.3 is 5.32 Å². The van der Waals surface area contributed by atoms with Gasteiger partial charge in [0.1, 0.15) is 0 Å². The van der Waals surface area contributed by atoms with E-state index in [1.165, 1.54) is 5.56 Å². The molecule has 106 valence electrons.